The fourth-order valence-corrected chi connectivity index (χ4v) is 2.04. The Morgan fingerprint density at radius 1 is 1.48 bits per heavy atom. The lowest BCUT2D eigenvalue weighted by molar-refractivity contribution is 0.341. The molecule has 108 valence electrons. The van der Waals surface area contributed by atoms with Crippen LogP contribution in [0, 0.1) is 11.3 Å². The van der Waals surface area contributed by atoms with Crippen molar-refractivity contribution in [1.82, 2.24) is 10.1 Å². The van der Waals surface area contributed by atoms with Crippen molar-refractivity contribution in [3.63, 3.8) is 0 Å². The van der Waals surface area contributed by atoms with Crippen molar-refractivity contribution < 1.29 is 9.26 Å². The Morgan fingerprint density at radius 3 is 3.05 bits per heavy atom. The molecule has 0 spiro atoms. The molecule has 1 heterocycles. The number of anilines is 1. The second-order valence-corrected chi connectivity index (χ2v) is 4.93. The first-order valence-corrected chi connectivity index (χ1v) is 7.03. The van der Waals surface area contributed by atoms with Gasteiger partial charge in [0.1, 0.15) is 5.75 Å². The second-order valence-electron chi connectivity index (χ2n) is 4.93. The summed E-state index contributed by atoms with van der Waals surface area (Å²) in [5.41, 5.74) is 1.33. The summed E-state index contributed by atoms with van der Waals surface area (Å²) in [5, 5.41) is 16.1. The molecule has 0 atom stereocenters. The van der Waals surface area contributed by atoms with E-state index in [1.54, 1.807) is 18.2 Å². The van der Waals surface area contributed by atoms with Gasteiger partial charge < -0.3 is 14.6 Å². The van der Waals surface area contributed by atoms with E-state index >= 15 is 0 Å². The minimum atomic E-state index is 0.411. The van der Waals surface area contributed by atoms with Crippen molar-refractivity contribution in [3.8, 4) is 11.8 Å². The molecule has 1 aliphatic carbocycles. The second kappa shape index (κ2) is 5.83. The molecule has 1 fully saturated rings. The van der Waals surface area contributed by atoms with E-state index in [1.807, 2.05) is 6.92 Å². The van der Waals surface area contributed by atoms with Crippen LogP contribution < -0.4 is 10.1 Å². The Morgan fingerprint density at radius 2 is 2.33 bits per heavy atom. The zero-order valence-electron chi connectivity index (χ0n) is 11.8. The summed E-state index contributed by atoms with van der Waals surface area (Å²) >= 11 is 0. The molecule has 1 saturated carbocycles. The van der Waals surface area contributed by atoms with Gasteiger partial charge in [0, 0.05) is 5.92 Å². The lowest BCUT2D eigenvalue weighted by Gasteiger charge is -2.11. The number of nitrogens with zero attached hydrogens (tertiary/aromatic N) is 3. The number of ether oxygens (including phenoxy) is 1. The minimum Gasteiger partial charge on any atom is -0.492 e. The van der Waals surface area contributed by atoms with Gasteiger partial charge in [-0.05, 0) is 38.0 Å². The van der Waals surface area contributed by atoms with Crippen molar-refractivity contribution >= 4 is 5.69 Å². The van der Waals surface area contributed by atoms with Gasteiger partial charge in [-0.25, -0.2) is 0 Å². The maximum atomic E-state index is 8.98. The molecule has 1 aliphatic rings. The van der Waals surface area contributed by atoms with Crippen LogP contribution in [0.5, 0.6) is 5.75 Å². The van der Waals surface area contributed by atoms with Crippen LogP contribution in [0.3, 0.4) is 0 Å². The molecule has 0 aliphatic heterocycles. The van der Waals surface area contributed by atoms with Crippen LogP contribution in [0.15, 0.2) is 22.7 Å². The fraction of sp³-hybridized carbons (Fsp3) is 0.400. The highest BCUT2D eigenvalue weighted by molar-refractivity contribution is 5.60. The molecule has 21 heavy (non-hydrogen) atoms. The van der Waals surface area contributed by atoms with Crippen molar-refractivity contribution in [3.05, 3.63) is 35.5 Å². The molecule has 2 aromatic rings. The van der Waals surface area contributed by atoms with Crippen molar-refractivity contribution in [2.75, 3.05) is 11.9 Å². The predicted octanol–water partition coefficient (Wildman–Crippen LogP) is 2.83. The molecule has 1 aromatic carbocycles. The van der Waals surface area contributed by atoms with Crippen molar-refractivity contribution in [2.24, 2.45) is 0 Å². The van der Waals surface area contributed by atoms with Gasteiger partial charge in [0.15, 0.2) is 5.82 Å². The molecule has 1 N–H and O–H groups in total. The molecule has 0 radical (unpaired) electrons. The highest BCUT2D eigenvalue weighted by atomic mass is 16.5. The van der Waals surface area contributed by atoms with E-state index in [-0.39, 0.29) is 0 Å². The lowest BCUT2D eigenvalue weighted by Crippen LogP contribution is -2.03. The predicted molar refractivity (Wildman–Crippen MR) is 75.9 cm³/mol. The number of nitriles is 1. The average molecular weight is 284 g/mol. The Hall–Kier alpha value is -2.55. The Labute approximate surface area is 122 Å². The van der Waals surface area contributed by atoms with E-state index in [0.717, 1.165) is 24.4 Å². The Balaban J connectivity index is 1.71. The first-order valence-electron chi connectivity index (χ1n) is 7.03. The van der Waals surface area contributed by atoms with E-state index in [9.17, 15) is 0 Å². The summed E-state index contributed by atoms with van der Waals surface area (Å²) in [5.74, 6) is 2.52. The number of benzene rings is 1. The monoisotopic (exact) mass is 284 g/mol. The van der Waals surface area contributed by atoms with Crippen LogP contribution in [-0.4, -0.2) is 16.7 Å². The average Bonchev–Trinajstić information content (AvgIpc) is 3.25. The highest BCUT2D eigenvalue weighted by Gasteiger charge is 2.28. The van der Waals surface area contributed by atoms with Crippen LogP contribution in [0.2, 0.25) is 0 Å². The number of aromatic nitrogens is 2. The zero-order chi connectivity index (χ0) is 14.7. The normalized spacial score (nSPS) is 13.7. The van der Waals surface area contributed by atoms with Crippen molar-refractivity contribution in [1.29, 1.82) is 5.26 Å². The third-order valence-electron chi connectivity index (χ3n) is 3.26. The molecule has 6 nitrogen and oxygen atoms in total. The molecule has 0 amide bonds. The number of rotatable bonds is 6. The van der Waals surface area contributed by atoms with E-state index in [1.165, 1.54) is 0 Å². The standard InChI is InChI=1S/C15H16N4O2/c1-2-20-13-6-3-10(8-16)7-12(13)17-9-14-18-15(19-21-14)11-4-5-11/h3,6-7,11,17H,2,4-5,9H2,1H3. The van der Waals surface area contributed by atoms with Crippen LogP contribution in [-0.2, 0) is 6.54 Å². The van der Waals surface area contributed by atoms with Gasteiger partial charge in [0.05, 0.1) is 30.5 Å². The molecule has 1 aromatic heterocycles. The molecule has 0 unspecified atom stereocenters. The summed E-state index contributed by atoms with van der Waals surface area (Å²) in [6, 6.07) is 7.38. The third kappa shape index (κ3) is 3.14. The Bertz CT molecular complexity index is 671. The van der Waals surface area contributed by atoms with Gasteiger partial charge >= 0.3 is 0 Å². The fourth-order valence-electron chi connectivity index (χ4n) is 2.04. The molecule has 6 heteroatoms. The van der Waals surface area contributed by atoms with E-state index in [4.69, 9.17) is 14.5 Å². The highest BCUT2D eigenvalue weighted by Crippen LogP contribution is 2.38. The summed E-state index contributed by atoms with van der Waals surface area (Å²) in [4.78, 5) is 4.36. The molecular weight excluding hydrogens is 268 g/mol. The third-order valence-corrected chi connectivity index (χ3v) is 3.26. The first kappa shape index (κ1) is 13.4. The maximum absolute atomic E-state index is 8.98. The maximum Gasteiger partial charge on any atom is 0.245 e. The van der Waals surface area contributed by atoms with Gasteiger partial charge in [-0.15, -0.1) is 0 Å². The number of hydrogen-bond donors (Lipinski definition) is 1. The Kier molecular flexibility index (Phi) is 3.73. The van der Waals surface area contributed by atoms with Gasteiger partial charge in [0.25, 0.3) is 0 Å². The molecule has 3 rings (SSSR count). The first-order chi connectivity index (χ1) is 10.3. The van der Waals surface area contributed by atoms with Gasteiger partial charge in [0.2, 0.25) is 5.89 Å². The summed E-state index contributed by atoms with van der Waals surface area (Å²) in [6.45, 7) is 2.89. The van der Waals surface area contributed by atoms with Gasteiger partial charge in [-0.2, -0.15) is 10.2 Å². The van der Waals surface area contributed by atoms with Gasteiger partial charge in [-0.3, -0.25) is 0 Å². The summed E-state index contributed by atoms with van der Waals surface area (Å²) in [7, 11) is 0. The zero-order valence-corrected chi connectivity index (χ0v) is 11.8. The van der Waals surface area contributed by atoms with Gasteiger partial charge in [-0.1, -0.05) is 5.16 Å². The quantitative estimate of drug-likeness (QED) is 0.878. The summed E-state index contributed by atoms with van der Waals surface area (Å²) in [6.07, 6.45) is 2.29. The van der Waals surface area contributed by atoms with E-state index in [2.05, 4.69) is 21.5 Å². The smallest absolute Gasteiger partial charge is 0.245 e. The lowest BCUT2D eigenvalue weighted by atomic mass is 10.2. The SMILES string of the molecule is CCOc1ccc(C#N)cc1NCc1nc(C2CC2)no1. The number of hydrogen-bond acceptors (Lipinski definition) is 6. The number of nitrogens with one attached hydrogen (secondary N) is 1. The molecular formula is C15H16N4O2. The van der Waals surface area contributed by atoms with E-state index in [0.29, 0.717) is 36.3 Å². The minimum absolute atomic E-state index is 0.411. The van der Waals surface area contributed by atoms with Crippen LogP contribution in [0.25, 0.3) is 0 Å². The van der Waals surface area contributed by atoms with Crippen LogP contribution in [0.4, 0.5) is 5.69 Å². The largest absolute Gasteiger partial charge is 0.492 e. The van der Waals surface area contributed by atoms with Crippen molar-refractivity contribution in [2.45, 2.75) is 32.2 Å². The topological polar surface area (TPSA) is 84.0 Å². The summed E-state index contributed by atoms with van der Waals surface area (Å²) < 4.78 is 10.8. The molecule has 0 bridgehead atoms. The van der Waals surface area contributed by atoms with Crippen LogP contribution in [0.1, 0.15) is 43.0 Å². The van der Waals surface area contributed by atoms with Crippen LogP contribution >= 0.6 is 0 Å². The van der Waals surface area contributed by atoms with E-state index < -0.39 is 0 Å². The molecule has 0 saturated heterocycles.